The number of H-pyrrole nitrogens is 1. The third-order valence-electron chi connectivity index (χ3n) is 4.86. The van der Waals surface area contributed by atoms with Crippen LogP contribution in [-0.2, 0) is 22.5 Å². The number of fused-ring (bicyclic) bond motifs is 2. The predicted molar refractivity (Wildman–Crippen MR) is 108 cm³/mol. The van der Waals surface area contributed by atoms with Crippen LogP contribution in [0.3, 0.4) is 0 Å². The van der Waals surface area contributed by atoms with Crippen molar-refractivity contribution in [3.63, 3.8) is 0 Å². The highest BCUT2D eigenvalue weighted by Gasteiger charge is 2.36. The molecule has 2 aromatic carbocycles. The number of imidazole rings is 1. The second-order valence-electron chi connectivity index (χ2n) is 6.58. The number of aromatic amines is 1. The van der Waals surface area contributed by atoms with E-state index in [4.69, 9.17) is 4.74 Å². The average Bonchev–Trinajstić information content (AvgIpc) is 3.13. The molecule has 28 heavy (non-hydrogen) atoms. The topological polar surface area (TPSA) is 87.3 Å². The first-order valence-electron chi connectivity index (χ1n) is 8.91. The lowest BCUT2D eigenvalue weighted by atomic mass is 9.92. The summed E-state index contributed by atoms with van der Waals surface area (Å²) < 4.78 is 5.75. The van der Waals surface area contributed by atoms with E-state index in [9.17, 15) is 9.59 Å². The molecular formula is C20H19BrN4O3. The summed E-state index contributed by atoms with van der Waals surface area (Å²) in [6.07, 6.45) is 0.153. The molecule has 4 rings (SSSR count). The molecule has 0 radical (unpaired) electrons. The Morgan fingerprint density at radius 3 is 2.93 bits per heavy atom. The number of rotatable bonds is 3. The van der Waals surface area contributed by atoms with Crippen molar-refractivity contribution in [1.29, 1.82) is 0 Å². The summed E-state index contributed by atoms with van der Waals surface area (Å²) in [7, 11) is 1.32. The number of amides is 2. The molecule has 8 heteroatoms. The summed E-state index contributed by atoms with van der Waals surface area (Å²) in [6.45, 7) is 0.659. The van der Waals surface area contributed by atoms with Crippen LogP contribution in [0.1, 0.15) is 23.0 Å². The smallest absolute Gasteiger partial charge is 0.410 e. The fourth-order valence-corrected chi connectivity index (χ4v) is 3.92. The Bertz CT molecular complexity index is 1020. The van der Waals surface area contributed by atoms with Gasteiger partial charge in [0.2, 0.25) is 5.91 Å². The van der Waals surface area contributed by atoms with E-state index < -0.39 is 12.1 Å². The van der Waals surface area contributed by atoms with Crippen molar-refractivity contribution in [2.45, 2.75) is 19.0 Å². The summed E-state index contributed by atoms with van der Waals surface area (Å²) in [6, 6.07) is 12.7. The number of para-hydroxylation sites is 2. The van der Waals surface area contributed by atoms with Crippen LogP contribution in [0.25, 0.3) is 11.0 Å². The van der Waals surface area contributed by atoms with Gasteiger partial charge in [0.1, 0.15) is 11.9 Å². The summed E-state index contributed by atoms with van der Waals surface area (Å²) in [4.78, 5) is 34.5. The van der Waals surface area contributed by atoms with E-state index in [1.54, 1.807) is 0 Å². The van der Waals surface area contributed by atoms with Crippen LogP contribution in [0.4, 0.5) is 4.79 Å². The molecule has 0 saturated carbocycles. The van der Waals surface area contributed by atoms with Crippen LogP contribution in [-0.4, -0.2) is 40.5 Å². The zero-order valence-corrected chi connectivity index (χ0v) is 16.8. The number of nitrogens with zero attached hydrogens (tertiary/aromatic N) is 2. The second-order valence-corrected chi connectivity index (χ2v) is 7.49. The highest BCUT2D eigenvalue weighted by Crippen LogP contribution is 2.32. The van der Waals surface area contributed by atoms with Crippen molar-refractivity contribution in [2.75, 3.05) is 13.7 Å². The Balaban J connectivity index is 1.59. The normalized spacial score (nSPS) is 15.9. The molecule has 0 fully saturated rings. The second kappa shape index (κ2) is 7.63. The number of methoxy groups -OCH3 is 1. The fraction of sp³-hybridized carbons (Fsp3) is 0.250. The fourth-order valence-electron chi connectivity index (χ4n) is 3.54. The summed E-state index contributed by atoms with van der Waals surface area (Å²) in [5, 5.41) is 2.90. The molecule has 2 N–H and O–H groups in total. The maximum absolute atomic E-state index is 13.1. The van der Waals surface area contributed by atoms with Gasteiger partial charge in [0.05, 0.1) is 24.7 Å². The van der Waals surface area contributed by atoms with Crippen molar-refractivity contribution in [1.82, 2.24) is 20.2 Å². The van der Waals surface area contributed by atoms with Gasteiger partial charge >= 0.3 is 6.09 Å². The molecule has 1 aromatic heterocycles. The number of carbonyl (C=O) groups is 2. The van der Waals surface area contributed by atoms with Gasteiger partial charge in [0, 0.05) is 11.0 Å². The van der Waals surface area contributed by atoms with E-state index in [-0.39, 0.29) is 12.5 Å². The van der Waals surface area contributed by atoms with E-state index in [0.717, 1.165) is 26.6 Å². The average molecular weight is 443 g/mol. The monoisotopic (exact) mass is 442 g/mol. The molecule has 0 saturated heterocycles. The summed E-state index contributed by atoms with van der Waals surface area (Å²) >= 11 is 3.45. The zero-order valence-electron chi connectivity index (χ0n) is 15.2. The van der Waals surface area contributed by atoms with Gasteiger partial charge in [0.25, 0.3) is 0 Å². The summed E-state index contributed by atoms with van der Waals surface area (Å²) in [5.74, 6) is 0.384. The van der Waals surface area contributed by atoms with Crippen LogP contribution < -0.4 is 5.32 Å². The lowest BCUT2D eigenvalue weighted by molar-refractivity contribution is -0.126. The van der Waals surface area contributed by atoms with Gasteiger partial charge in [-0.05, 0) is 41.8 Å². The molecule has 0 aliphatic carbocycles. The molecule has 7 nitrogen and oxygen atoms in total. The third-order valence-corrected chi connectivity index (χ3v) is 5.36. The van der Waals surface area contributed by atoms with Crippen molar-refractivity contribution < 1.29 is 14.3 Å². The molecule has 0 bridgehead atoms. The number of benzene rings is 2. The maximum Gasteiger partial charge on any atom is 0.410 e. The molecule has 1 atom stereocenters. The van der Waals surface area contributed by atoms with E-state index in [1.165, 1.54) is 12.0 Å². The Morgan fingerprint density at radius 2 is 2.14 bits per heavy atom. The standard InChI is InChI=1S/C20H19BrN4O3/c1-28-20(27)25-9-8-12-6-7-13(21)10-14(12)18(25)19(26)22-11-17-23-15-4-2-3-5-16(15)24-17/h2-7,10,18H,8-9,11H2,1H3,(H,22,26)(H,23,24)/t18-/m0/s1. The lowest BCUT2D eigenvalue weighted by Crippen LogP contribution is -2.47. The van der Waals surface area contributed by atoms with E-state index >= 15 is 0 Å². The number of nitrogens with one attached hydrogen (secondary N) is 2. The Labute approximate surface area is 170 Å². The van der Waals surface area contributed by atoms with Crippen LogP contribution in [0, 0.1) is 0 Å². The SMILES string of the molecule is COC(=O)N1CCc2ccc(Br)cc2[C@H]1C(=O)NCc1nc2ccccc2[nH]1. The number of hydrogen-bond acceptors (Lipinski definition) is 4. The molecule has 2 heterocycles. The van der Waals surface area contributed by atoms with Gasteiger partial charge in [-0.2, -0.15) is 0 Å². The van der Waals surface area contributed by atoms with Crippen molar-refractivity contribution in [3.05, 3.63) is 63.9 Å². The molecule has 0 spiro atoms. The minimum atomic E-state index is -0.752. The Kier molecular flexibility index (Phi) is 5.04. The number of hydrogen-bond donors (Lipinski definition) is 2. The number of aromatic nitrogens is 2. The number of carbonyl (C=O) groups excluding carboxylic acids is 2. The highest BCUT2D eigenvalue weighted by atomic mass is 79.9. The van der Waals surface area contributed by atoms with Gasteiger partial charge < -0.3 is 15.0 Å². The van der Waals surface area contributed by atoms with E-state index in [0.29, 0.717) is 18.8 Å². The van der Waals surface area contributed by atoms with Gasteiger partial charge in [-0.25, -0.2) is 9.78 Å². The minimum absolute atomic E-state index is 0.238. The van der Waals surface area contributed by atoms with Crippen molar-refractivity contribution in [2.24, 2.45) is 0 Å². The lowest BCUT2D eigenvalue weighted by Gasteiger charge is -2.35. The van der Waals surface area contributed by atoms with Gasteiger partial charge in [0.15, 0.2) is 0 Å². The van der Waals surface area contributed by atoms with Gasteiger partial charge in [-0.3, -0.25) is 9.69 Å². The summed E-state index contributed by atoms with van der Waals surface area (Å²) in [5.41, 5.74) is 3.60. The largest absolute Gasteiger partial charge is 0.453 e. The first-order valence-corrected chi connectivity index (χ1v) is 9.70. The maximum atomic E-state index is 13.1. The minimum Gasteiger partial charge on any atom is -0.453 e. The Morgan fingerprint density at radius 1 is 1.32 bits per heavy atom. The molecule has 0 unspecified atom stereocenters. The number of ether oxygens (including phenoxy) is 1. The first-order chi connectivity index (χ1) is 13.6. The van der Waals surface area contributed by atoms with Crippen LogP contribution in [0.2, 0.25) is 0 Å². The van der Waals surface area contributed by atoms with Crippen LogP contribution >= 0.6 is 15.9 Å². The van der Waals surface area contributed by atoms with E-state index in [1.807, 2.05) is 42.5 Å². The molecular weight excluding hydrogens is 424 g/mol. The molecule has 1 aliphatic heterocycles. The predicted octanol–water partition coefficient (Wildman–Crippen LogP) is 3.31. The quantitative estimate of drug-likeness (QED) is 0.651. The van der Waals surface area contributed by atoms with Crippen molar-refractivity contribution >= 4 is 39.0 Å². The van der Waals surface area contributed by atoms with E-state index in [2.05, 4.69) is 31.2 Å². The zero-order chi connectivity index (χ0) is 19.7. The Hall–Kier alpha value is -2.87. The molecule has 1 aliphatic rings. The van der Waals surface area contributed by atoms with Gasteiger partial charge in [-0.1, -0.05) is 34.1 Å². The van der Waals surface area contributed by atoms with Crippen LogP contribution in [0.5, 0.6) is 0 Å². The molecule has 3 aromatic rings. The molecule has 2 amide bonds. The molecule has 144 valence electrons. The van der Waals surface area contributed by atoms with Crippen molar-refractivity contribution in [3.8, 4) is 0 Å². The number of halogens is 1. The highest BCUT2D eigenvalue weighted by molar-refractivity contribution is 9.10. The van der Waals surface area contributed by atoms with Crippen LogP contribution in [0.15, 0.2) is 46.9 Å². The third kappa shape index (κ3) is 3.47. The van der Waals surface area contributed by atoms with Gasteiger partial charge in [-0.15, -0.1) is 0 Å². The first kappa shape index (κ1) is 18.5.